The van der Waals surface area contributed by atoms with E-state index in [1.807, 2.05) is 42.6 Å². The van der Waals surface area contributed by atoms with Crippen LogP contribution in [0.2, 0.25) is 0 Å². The lowest BCUT2D eigenvalue weighted by molar-refractivity contribution is -0.137. The molecule has 0 aliphatic rings. The van der Waals surface area contributed by atoms with Gasteiger partial charge in [-0.05, 0) is 18.4 Å². The summed E-state index contributed by atoms with van der Waals surface area (Å²) in [5.41, 5.74) is 4.06. The van der Waals surface area contributed by atoms with Crippen LogP contribution in [-0.4, -0.2) is 27.6 Å². The van der Waals surface area contributed by atoms with E-state index >= 15 is 0 Å². The van der Waals surface area contributed by atoms with Gasteiger partial charge in [-0.25, -0.2) is 9.97 Å². The van der Waals surface area contributed by atoms with Crippen molar-refractivity contribution >= 4 is 11.9 Å². The molecule has 0 saturated carbocycles. The second-order valence-electron chi connectivity index (χ2n) is 6.67. The van der Waals surface area contributed by atoms with E-state index in [0.717, 1.165) is 54.6 Å². The van der Waals surface area contributed by atoms with Crippen molar-refractivity contribution < 1.29 is 9.90 Å². The minimum atomic E-state index is -0.724. The van der Waals surface area contributed by atoms with Gasteiger partial charge in [0.15, 0.2) is 0 Å². The number of carbonyl (C=O) groups is 1. The van der Waals surface area contributed by atoms with Crippen LogP contribution in [0.25, 0.3) is 22.4 Å². The van der Waals surface area contributed by atoms with E-state index in [4.69, 9.17) is 10.1 Å². The van der Waals surface area contributed by atoms with Crippen molar-refractivity contribution in [1.29, 1.82) is 0 Å². The number of nitrogens with one attached hydrogen (secondary N) is 1. The quantitative estimate of drug-likeness (QED) is 0.473. The Morgan fingerprint density at radius 1 is 0.857 bits per heavy atom. The van der Waals surface area contributed by atoms with Crippen molar-refractivity contribution in [3.63, 3.8) is 0 Å². The van der Waals surface area contributed by atoms with Crippen LogP contribution in [0.15, 0.2) is 66.9 Å². The molecule has 1 heterocycles. The number of anilines is 1. The number of hydrogen-bond acceptors (Lipinski definition) is 4. The van der Waals surface area contributed by atoms with Crippen molar-refractivity contribution in [2.45, 2.75) is 32.1 Å². The van der Waals surface area contributed by atoms with Gasteiger partial charge in [-0.1, -0.05) is 73.5 Å². The van der Waals surface area contributed by atoms with Crippen molar-refractivity contribution in [3.05, 3.63) is 66.9 Å². The molecule has 0 saturated heterocycles. The van der Waals surface area contributed by atoms with Gasteiger partial charge >= 0.3 is 5.97 Å². The fourth-order valence-electron chi connectivity index (χ4n) is 3.07. The molecule has 0 unspecified atom stereocenters. The number of nitrogens with zero attached hydrogens (tertiary/aromatic N) is 2. The topological polar surface area (TPSA) is 75.1 Å². The van der Waals surface area contributed by atoms with Gasteiger partial charge in [0.1, 0.15) is 0 Å². The van der Waals surface area contributed by atoms with E-state index in [0.29, 0.717) is 5.95 Å². The Labute approximate surface area is 165 Å². The lowest BCUT2D eigenvalue weighted by atomic mass is 10.0. The maximum absolute atomic E-state index is 10.5. The van der Waals surface area contributed by atoms with Gasteiger partial charge in [-0.3, -0.25) is 4.79 Å². The number of hydrogen-bond donors (Lipinski definition) is 2. The summed E-state index contributed by atoms with van der Waals surface area (Å²) in [5, 5.41) is 12.0. The number of benzene rings is 2. The average Bonchev–Trinajstić information content (AvgIpc) is 2.74. The number of aromatic nitrogens is 2. The summed E-state index contributed by atoms with van der Waals surface area (Å²) in [6.07, 6.45) is 5.74. The fraction of sp³-hybridized carbons (Fsp3) is 0.261. The van der Waals surface area contributed by atoms with Gasteiger partial charge in [0, 0.05) is 30.3 Å². The van der Waals surface area contributed by atoms with Crippen LogP contribution in [0.3, 0.4) is 0 Å². The fourth-order valence-corrected chi connectivity index (χ4v) is 3.07. The van der Waals surface area contributed by atoms with Crippen LogP contribution in [0.4, 0.5) is 5.95 Å². The molecule has 0 spiro atoms. The summed E-state index contributed by atoms with van der Waals surface area (Å²) in [4.78, 5) is 19.8. The van der Waals surface area contributed by atoms with Crippen LogP contribution in [-0.2, 0) is 4.79 Å². The van der Waals surface area contributed by atoms with Gasteiger partial charge in [-0.15, -0.1) is 0 Å². The third-order valence-electron chi connectivity index (χ3n) is 4.52. The zero-order valence-electron chi connectivity index (χ0n) is 15.8. The van der Waals surface area contributed by atoms with E-state index in [2.05, 4.69) is 34.6 Å². The molecule has 0 amide bonds. The Balaban J connectivity index is 1.68. The van der Waals surface area contributed by atoms with Gasteiger partial charge in [0.2, 0.25) is 5.95 Å². The van der Waals surface area contributed by atoms with Gasteiger partial charge < -0.3 is 10.4 Å². The maximum atomic E-state index is 10.5. The number of carboxylic acids is 1. The highest BCUT2D eigenvalue weighted by atomic mass is 16.4. The summed E-state index contributed by atoms with van der Waals surface area (Å²) in [6.45, 7) is 0.770. The smallest absolute Gasteiger partial charge is 0.303 e. The van der Waals surface area contributed by atoms with Crippen LogP contribution in [0, 0.1) is 0 Å². The molecular formula is C23H25N3O2. The minimum absolute atomic E-state index is 0.248. The molecule has 0 atom stereocenters. The number of rotatable bonds is 10. The summed E-state index contributed by atoms with van der Waals surface area (Å²) in [7, 11) is 0. The molecule has 5 nitrogen and oxygen atoms in total. The molecule has 0 aliphatic carbocycles. The lowest BCUT2D eigenvalue weighted by Crippen LogP contribution is -2.06. The summed E-state index contributed by atoms with van der Waals surface area (Å²) in [5.74, 6) is -0.109. The SMILES string of the molecule is O=C(O)CCCCCCNc1ncc(-c2ccccc2)c(-c2ccccc2)n1. The molecule has 144 valence electrons. The van der Waals surface area contributed by atoms with Crippen LogP contribution in [0.5, 0.6) is 0 Å². The van der Waals surface area contributed by atoms with Gasteiger partial charge in [0.25, 0.3) is 0 Å². The number of carboxylic acid groups (broad SMARTS) is 1. The second kappa shape index (κ2) is 10.2. The Kier molecular flexibility index (Phi) is 7.13. The first-order chi connectivity index (χ1) is 13.7. The number of aliphatic carboxylic acids is 1. The zero-order valence-corrected chi connectivity index (χ0v) is 15.8. The summed E-state index contributed by atoms with van der Waals surface area (Å²) < 4.78 is 0. The predicted octanol–water partition coefficient (Wildman–Crippen LogP) is 5.26. The van der Waals surface area contributed by atoms with E-state index in [1.165, 1.54) is 0 Å². The van der Waals surface area contributed by atoms with Crippen molar-refractivity contribution in [2.24, 2.45) is 0 Å². The first-order valence-electron chi connectivity index (χ1n) is 9.67. The molecule has 2 N–H and O–H groups in total. The summed E-state index contributed by atoms with van der Waals surface area (Å²) >= 11 is 0. The van der Waals surface area contributed by atoms with E-state index in [-0.39, 0.29) is 6.42 Å². The van der Waals surface area contributed by atoms with Crippen LogP contribution >= 0.6 is 0 Å². The minimum Gasteiger partial charge on any atom is -0.481 e. The zero-order chi connectivity index (χ0) is 19.6. The first-order valence-corrected chi connectivity index (χ1v) is 9.67. The lowest BCUT2D eigenvalue weighted by Gasteiger charge is -2.12. The molecule has 5 heteroatoms. The Morgan fingerprint density at radius 3 is 2.18 bits per heavy atom. The second-order valence-corrected chi connectivity index (χ2v) is 6.67. The summed E-state index contributed by atoms with van der Waals surface area (Å²) in [6, 6.07) is 20.3. The molecule has 0 bridgehead atoms. The molecule has 0 aliphatic heterocycles. The molecule has 3 rings (SSSR count). The van der Waals surface area contributed by atoms with E-state index in [9.17, 15) is 4.79 Å². The highest BCUT2D eigenvalue weighted by molar-refractivity contribution is 5.80. The van der Waals surface area contributed by atoms with Crippen molar-refractivity contribution in [3.8, 4) is 22.4 Å². The van der Waals surface area contributed by atoms with Gasteiger partial charge in [-0.2, -0.15) is 0 Å². The van der Waals surface area contributed by atoms with E-state index in [1.54, 1.807) is 0 Å². The molecule has 28 heavy (non-hydrogen) atoms. The van der Waals surface area contributed by atoms with Gasteiger partial charge in [0.05, 0.1) is 5.69 Å². The Hall–Kier alpha value is -3.21. The Morgan fingerprint density at radius 2 is 1.50 bits per heavy atom. The molecule has 0 fully saturated rings. The third kappa shape index (κ3) is 5.64. The van der Waals surface area contributed by atoms with Crippen LogP contribution in [0.1, 0.15) is 32.1 Å². The third-order valence-corrected chi connectivity index (χ3v) is 4.52. The first kappa shape index (κ1) is 19.5. The monoisotopic (exact) mass is 375 g/mol. The maximum Gasteiger partial charge on any atom is 0.303 e. The van der Waals surface area contributed by atoms with E-state index < -0.39 is 5.97 Å². The highest BCUT2D eigenvalue weighted by Gasteiger charge is 2.11. The molecule has 2 aromatic carbocycles. The average molecular weight is 375 g/mol. The van der Waals surface area contributed by atoms with Crippen LogP contribution < -0.4 is 5.32 Å². The normalized spacial score (nSPS) is 10.6. The molecule has 0 radical (unpaired) electrons. The molecule has 1 aromatic heterocycles. The number of unbranched alkanes of at least 4 members (excludes halogenated alkanes) is 3. The molecule has 3 aromatic rings. The van der Waals surface area contributed by atoms with Crippen molar-refractivity contribution in [2.75, 3.05) is 11.9 Å². The van der Waals surface area contributed by atoms with Crippen molar-refractivity contribution in [1.82, 2.24) is 9.97 Å². The largest absolute Gasteiger partial charge is 0.481 e. The predicted molar refractivity (Wildman–Crippen MR) is 112 cm³/mol. The molecular weight excluding hydrogens is 350 g/mol. The Bertz CT molecular complexity index is 883. The highest BCUT2D eigenvalue weighted by Crippen LogP contribution is 2.30. The standard InChI is InChI=1S/C23H25N3O2/c27-21(28)15-9-1-2-10-16-24-23-25-17-20(18-11-5-3-6-12-18)22(26-23)19-13-7-4-8-14-19/h3-8,11-14,17H,1-2,9-10,15-16H2,(H,27,28)(H,24,25,26).